The van der Waals surface area contributed by atoms with Crippen LogP contribution in [0.2, 0.25) is 0 Å². The number of fused-ring (bicyclic) bond motifs is 2. The molecule has 0 unspecified atom stereocenters. The van der Waals surface area contributed by atoms with Crippen LogP contribution in [0, 0.1) is 0 Å². The summed E-state index contributed by atoms with van der Waals surface area (Å²) in [5.41, 5.74) is -0.840. The lowest BCUT2D eigenvalue weighted by Crippen LogP contribution is -2.23. The molecule has 0 fully saturated rings. The molecule has 7 heteroatoms. The van der Waals surface area contributed by atoms with Crippen LogP contribution in [-0.4, -0.2) is 18.2 Å². The molecule has 0 saturated carbocycles. The minimum atomic E-state index is -1.11. The van der Waals surface area contributed by atoms with E-state index in [1.54, 1.807) is 48.5 Å². The molecular weight excluding hydrogens is 376 g/mol. The number of ether oxygens (including phenoxy) is 1. The van der Waals surface area contributed by atoms with Crippen LogP contribution in [0.15, 0.2) is 73.2 Å². The highest BCUT2D eigenvalue weighted by molar-refractivity contribution is 5.85. The zero-order valence-corrected chi connectivity index (χ0v) is 15.4. The Labute approximate surface area is 163 Å². The molecule has 0 saturated heterocycles. The van der Waals surface area contributed by atoms with E-state index in [0.717, 1.165) is 0 Å². The standard InChI is InChI=1S/C22H16O7/c1-27-18(23)10-14(15-11-28-16-8-4-2-6-12(16)20(15)24)19-21(25)13-7-3-5-9-17(13)29-22(19)26/h2-9,11,14,25H,10H2,1H3/t14-/m1/s1. The highest BCUT2D eigenvalue weighted by Gasteiger charge is 2.30. The number of hydrogen-bond donors (Lipinski definition) is 1. The third-order valence-electron chi connectivity index (χ3n) is 4.85. The van der Waals surface area contributed by atoms with E-state index in [1.807, 2.05) is 0 Å². The fourth-order valence-corrected chi connectivity index (χ4v) is 3.41. The maximum atomic E-state index is 13.1. The second-order valence-electron chi connectivity index (χ2n) is 6.50. The second-order valence-corrected chi connectivity index (χ2v) is 6.50. The van der Waals surface area contributed by atoms with E-state index in [1.165, 1.54) is 13.4 Å². The van der Waals surface area contributed by atoms with Crippen molar-refractivity contribution in [2.45, 2.75) is 12.3 Å². The lowest BCUT2D eigenvalue weighted by Gasteiger charge is -2.17. The zero-order valence-electron chi connectivity index (χ0n) is 15.4. The van der Waals surface area contributed by atoms with Crippen LogP contribution in [0.4, 0.5) is 0 Å². The highest BCUT2D eigenvalue weighted by atomic mass is 16.5. The summed E-state index contributed by atoms with van der Waals surface area (Å²) in [6.07, 6.45) is 0.850. The van der Waals surface area contributed by atoms with Crippen molar-refractivity contribution in [1.29, 1.82) is 0 Å². The molecule has 1 N–H and O–H groups in total. The van der Waals surface area contributed by atoms with Crippen molar-refractivity contribution in [2.24, 2.45) is 0 Å². The van der Waals surface area contributed by atoms with Crippen LogP contribution in [0.3, 0.4) is 0 Å². The van der Waals surface area contributed by atoms with Gasteiger partial charge in [-0.3, -0.25) is 9.59 Å². The molecule has 0 aliphatic heterocycles. The molecule has 29 heavy (non-hydrogen) atoms. The molecular formula is C22H16O7. The van der Waals surface area contributed by atoms with Crippen molar-refractivity contribution >= 4 is 27.9 Å². The number of rotatable bonds is 4. The molecule has 0 radical (unpaired) electrons. The Bertz CT molecular complexity index is 1350. The van der Waals surface area contributed by atoms with Crippen molar-refractivity contribution in [1.82, 2.24) is 0 Å². The van der Waals surface area contributed by atoms with Gasteiger partial charge in [0.05, 0.1) is 36.1 Å². The Balaban J connectivity index is 2.01. The van der Waals surface area contributed by atoms with Crippen LogP contribution in [0.25, 0.3) is 21.9 Å². The number of esters is 1. The lowest BCUT2D eigenvalue weighted by atomic mass is 9.88. The molecule has 2 aromatic carbocycles. The summed E-state index contributed by atoms with van der Waals surface area (Å²) in [7, 11) is 1.20. The van der Waals surface area contributed by atoms with E-state index in [0.29, 0.717) is 16.4 Å². The van der Waals surface area contributed by atoms with Gasteiger partial charge in [-0.05, 0) is 24.3 Å². The van der Waals surface area contributed by atoms with E-state index in [-0.39, 0.29) is 28.9 Å². The topological polar surface area (TPSA) is 107 Å². The molecule has 0 aliphatic rings. The van der Waals surface area contributed by atoms with Crippen molar-refractivity contribution in [3.05, 3.63) is 86.6 Å². The maximum Gasteiger partial charge on any atom is 0.343 e. The van der Waals surface area contributed by atoms with E-state index in [9.17, 15) is 19.5 Å². The number of hydrogen-bond acceptors (Lipinski definition) is 7. The number of benzene rings is 2. The summed E-state index contributed by atoms with van der Waals surface area (Å²) in [6, 6.07) is 13.1. The summed E-state index contributed by atoms with van der Waals surface area (Å²) in [6.45, 7) is 0. The quantitative estimate of drug-likeness (QED) is 0.419. The average molecular weight is 392 g/mol. The predicted molar refractivity (Wildman–Crippen MR) is 105 cm³/mol. The first-order valence-electron chi connectivity index (χ1n) is 8.83. The van der Waals surface area contributed by atoms with Gasteiger partial charge in [-0.15, -0.1) is 0 Å². The Morgan fingerprint density at radius 2 is 1.69 bits per heavy atom. The van der Waals surface area contributed by atoms with Gasteiger partial charge in [0.1, 0.15) is 16.9 Å². The minimum Gasteiger partial charge on any atom is -0.507 e. The van der Waals surface area contributed by atoms with Crippen LogP contribution < -0.4 is 11.1 Å². The molecule has 146 valence electrons. The van der Waals surface area contributed by atoms with Crippen LogP contribution >= 0.6 is 0 Å². The third kappa shape index (κ3) is 3.16. The normalized spacial score (nSPS) is 12.2. The van der Waals surface area contributed by atoms with Gasteiger partial charge in [0.15, 0.2) is 5.43 Å². The highest BCUT2D eigenvalue weighted by Crippen LogP contribution is 2.35. The van der Waals surface area contributed by atoms with E-state index >= 15 is 0 Å². The van der Waals surface area contributed by atoms with Crippen molar-refractivity contribution in [3.8, 4) is 5.75 Å². The number of methoxy groups -OCH3 is 1. The van der Waals surface area contributed by atoms with Gasteiger partial charge in [-0.2, -0.15) is 0 Å². The first-order valence-corrected chi connectivity index (χ1v) is 8.83. The van der Waals surface area contributed by atoms with Crippen molar-refractivity contribution in [3.63, 3.8) is 0 Å². The van der Waals surface area contributed by atoms with Gasteiger partial charge < -0.3 is 18.7 Å². The Morgan fingerprint density at radius 1 is 1.03 bits per heavy atom. The Hall–Kier alpha value is -3.87. The first kappa shape index (κ1) is 18.5. The molecule has 2 heterocycles. The molecule has 4 rings (SSSR count). The minimum absolute atomic E-state index is 0.0481. The molecule has 2 aromatic heterocycles. The van der Waals surface area contributed by atoms with Gasteiger partial charge in [0.2, 0.25) is 0 Å². The maximum absolute atomic E-state index is 13.1. The molecule has 0 spiro atoms. The molecule has 0 aliphatic carbocycles. The molecule has 0 amide bonds. The van der Waals surface area contributed by atoms with Crippen LogP contribution in [0.5, 0.6) is 5.75 Å². The SMILES string of the molecule is COC(=O)C[C@@H](c1c(O)c2ccccc2oc1=O)c1coc2ccccc2c1=O. The van der Waals surface area contributed by atoms with E-state index in [2.05, 4.69) is 0 Å². The first-order chi connectivity index (χ1) is 14.0. The summed E-state index contributed by atoms with van der Waals surface area (Å²) >= 11 is 0. The summed E-state index contributed by atoms with van der Waals surface area (Å²) in [5.74, 6) is -2.11. The average Bonchev–Trinajstić information content (AvgIpc) is 2.73. The number of carbonyl (C=O) groups excluding carboxylic acids is 1. The zero-order chi connectivity index (χ0) is 20.5. The summed E-state index contributed by atoms with van der Waals surface area (Å²) in [4.78, 5) is 37.8. The third-order valence-corrected chi connectivity index (χ3v) is 4.85. The van der Waals surface area contributed by atoms with E-state index in [4.69, 9.17) is 13.6 Å². The molecule has 1 atom stereocenters. The van der Waals surface area contributed by atoms with Gasteiger partial charge in [0, 0.05) is 11.5 Å². The van der Waals surface area contributed by atoms with E-state index < -0.39 is 22.9 Å². The van der Waals surface area contributed by atoms with Crippen LogP contribution in [-0.2, 0) is 9.53 Å². The number of aromatic hydroxyl groups is 1. The fraction of sp³-hybridized carbons (Fsp3) is 0.136. The monoisotopic (exact) mass is 392 g/mol. The van der Waals surface area contributed by atoms with Gasteiger partial charge in [-0.1, -0.05) is 24.3 Å². The number of para-hydroxylation sites is 2. The van der Waals surface area contributed by atoms with Crippen LogP contribution in [0.1, 0.15) is 23.5 Å². The smallest absolute Gasteiger partial charge is 0.343 e. The predicted octanol–water partition coefficient (Wildman–Crippen LogP) is 3.30. The largest absolute Gasteiger partial charge is 0.507 e. The summed E-state index contributed by atoms with van der Waals surface area (Å²) in [5, 5.41) is 11.4. The number of carbonyl (C=O) groups is 1. The van der Waals surface area contributed by atoms with Gasteiger partial charge in [-0.25, -0.2) is 4.79 Å². The second kappa shape index (κ2) is 7.27. The lowest BCUT2D eigenvalue weighted by molar-refractivity contribution is -0.140. The fourth-order valence-electron chi connectivity index (χ4n) is 3.41. The van der Waals surface area contributed by atoms with Gasteiger partial charge in [0.25, 0.3) is 0 Å². The molecule has 0 bridgehead atoms. The van der Waals surface area contributed by atoms with Crippen molar-refractivity contribution < 1.29 is 23.5 Å². The van der Waals surface area contributed by atoms with Gasteiger partial charge >= 0.3 is 11.6 Å². The molecule has 4 aromatic rings. The Kier molecular flexibility index (Phi) is 4.64. The Morgan fingerprint density at radius 3 is 2.41 bits per heavy atom. The van der Waals surface area contributed by atoms with Crippen molar-refractivity contribution in [2.75, 3.05) is 7.11 Å². The summed E-state index contributed by atoms with van der Waals surface area (Å²) < 4.78 is 15.6. The molecule has 7 nitrogen and oxygen atoms in total.